The van der Waals surface area contributed by atoms with Gasteiger partial charge in [-0.15, -0.1) is 0 Å². The maximum atomic E-state index is 13.5. The van der Waals surface area contributed by atoms with E-state index in [2.05, 4.69) is 39.8 Å². The monoisotopic (exact) mass is 366 g/mol. The Hall–Kier alpha value is -3.15. The van der Waals surface area contributed by atoms with Crippen LogP contribution in [-0.4, -0.2) is 36.2 Å². The van der Waals surface area contributed by atoms with Crippen LogP contribution in [0.2, 0.25) is 0 Å². The highest BCUT2D eigenvalue weighted by molar-refractivity contribution is 5.99. The number of carbonyl (C=O) groups excluding carboxylic acids is 1. The van der Waals surface area contributed by atoms with Crippen molar-refractivity contribution in [2.45, 2.75) is 19.4 Å². The Kier molecular flexibility index (Phi) is 5.54. The van der Waals surface area contributed by atoms with E-state index in [9.17, 15) is 9.18 Å². The molecular weight excluding hydrogens is 343 g/mol. The summed E-state index contributed by atoms with van der Waals surface area (Å²) >= 11 is 0. The zero-order chi connectivity index (χ0) is 19.4. The molecule has 2 N–H and O–H groups in total. The highest BCUT2D eigenvalue weighted by Crippen LogP contribution is 2.22. The number of aromatic nitrogens is 2. The first-order valence-corrected chi connectivity index (χ1v) is 8.80. The van der Waals surface area contributed by atoms with Gasteiger partial charge in [0.15, 0.2) is 0 Å². The van der Waals surface area contributed by atoms with Crippen molar-refractivity contribution in [3.8, 4) is 11.3 Å². The number of rotatable bonds is 6. The number of benzene rings is 2. The summed E-state index contributed by atoms with van der Waals surface area (Å²) in [5.74, 6) is -0.594. The van der Waals surface area contributed by atoms with E-state index in [1.165, 1.54) is 18.3 Å². The minimum absolute atomic E-state index is 0.0574. The minimum atomic E-state index is -0.358. The van der Waals surface area contributed by atoms with Crippen LogP contribution in [0.1, 0.15) is 22.8 Å². The molecule has 6 heteroatoms. The summed E-state index contributed by atoms with van der Waals surface area (Å²) in [5, 5.41) is 9.73. The van der Waals surface area contributed by atoms with Crippen molar-refractivity contribution in [2.75, 3.05) is 19.0 Å². The minimum Gasteiger partial charge on any atom is -0.378 e. The maximum absolute atomic E-state index is 13.5. The van der Waals surface area contributed by atoms with Crippen molar-refractivity contribution in [3.05, 3.63) is 71.7 Å². The number of hydrogen-bond acceptors (Lipinski definition) is 3. The fraction of sp³-hybridized carbons (Fsp3) is 0.238. The van der Waals surface area contributed by atoms with E-state index in [1.54, 1.807) is 12.1 Å². The number of H-pyrrole nitrogens is 1. The number of anilines is 1. The van der Waals surface area contributed by atoms with Gasteiger partial charge in [0, 0.05) is 31.4 Å². The molecule has 27 heavy (non-hydrogen) atoms. The SMILES string of the molecule is CC(Cc1ccc(N(C)C)cc1)NC(=O)c1cn[nH]c1-c1cccc(F)c1. The van der Waals surface area contributed by atoms with Crippen LogP contribution in [0.3, 0.4) is 0 Å². The first kappa shape index (κ1) is 18.6. The third kappa shape index (κ3) is 4.53. The second-order valence-corrected chi connectivity index (χ2v) is 6.81. The number of hydrogen-bond donors (Lipinski definition) is 2. The first-order valence-electron chi connectivity index (χ1n) is 8.80. The summed E-state index contributed by atoms with van der Waals surface area (Å²) in [6.07, 6.45) is 2.18. The molecule has 2 aromatic carbocycles. The quantitative estimate of drug-likeness (QED) is 0.700. The van der Waals surface area contributed by atoms with Crippen molar-refractivity contribution < 1.29 is 9.18 Å². The fourth-order valence-electron chi connectivity index (χ4n) is 2.96. The van der Waals surface area contributed by atoms with Crippen LogP contribution in [-0.2, 0) is 6.42 Å². The van der Waals surface area contributed by atoms with Crippen LogP contribution in [0.15, 0.2) is 54.7 Å². The lowest BCUT2D eigenvalue weighted by Crippen LogP contribution is -2.34. The Morgan fingerprint density at radius 3 is 2.63 bits per heavy atom. The molecule has 5 nitrogen and oxygen atoms in total. The van der Waals surface area contributed by atoms with Crippen LogP contribution in [0.5, 0.6) is 0 Å². The Balaban J connectivity index is 1.68. The second-order valence-electron chi connectivity index (χ2n) is 6.81. The van der Waals surface area contributed by atoms with Crippen molar-refractivity contribution in [1.29, 1.82) is 0 Å². The van der Waals surface area contributed by atoms with Crippen LogP contribution >= 0.6 is 0 Å². The molecule has 1 aromatic heterocycles. The average molecular weight is 366 g/mol. The molecule has 3 rings (SSSR count). The zero-order valence-corrected chi connectivity index (χ0v) is 15.7. The predicted molar refractivity (Wildman–Crippen MR) is 105 cm³/mol. The van der Waals surface area contributed by atoms with Crippen molar-refractivity contribution in [2.24, 2.45) is 0 Å². The number of halogens is 1. The molecule has 0 aliphatic heterocycles. The van der Waals surface area contributed by atoms with Gasteiger partial charge < -0.3 is 10.2 Å². The summed E-state index contributed by atoms with van der Waals surface area (Å²) in [6, 6.07) is 14.3. The number of carbonyl (C=O) groups is 1. The van der Waals surface area contributed by atoms with Gasteiger partial charge in [0.1, 0.15) is 5.82 Å². The highest BCUT2D eigenvalue weighted by Gasteiger charge is 2.17. The molecule has 0 fully saturated rings. The fourth-order valence-corrected chi connectivity index (χ4v) is 2.96. The summed E-state index contributed by atoms with van der Waals surface area (Å²) < 4.78 is 13.5. The topological polar surface area (TPSA) is 61.0 Å². The Labute approximate surface area is 158 Å². The van der Waals surface area contributed by atoms with E-state index in [0.717, 1.165) is 11.3 Å². The third-order valence-electron chi connectivity index (χ3n) is 4.37. The van der Waals surface area contributed by atoms with E-state index in [1.807, 2.05) is 25.9 Å². The van der Waals surface area contributed by atoms with Crippen LogP contribution in [0.25, 0.3) is 11.3 Å². The summed E-state index contributed by atoms with van der Waals surface area (Å²) in [4.78, 5) is 14.7. The molecular formula is C21H23FN4O. The average Bonchev–Trinajstić information content (AvgIpc) is 3.12. The van der Waals surface area contributed by atoms with Gasteiger partial charge in [-0.25, -0.2) is 4.39 Å². The van der Waals surface area contributed by atoms with E-state index in [-0.39, 0.29) is 17.8 Å². The van der Waals surface area contributed by atoms with E-state index >= 15 is 0 Å². The molecule has 0 spiro atoms. The smallest absolute Gasteiger partial charge is 0.255 e. The molecule has 0 aliphatic rings. The molecule has 1 amide bonds. The van der Waals surface area contributed by atoms with Gasteiger partial charge >= 0.3 is 0 Å². The maximum Gasteiger partial charge on any atom is 0.255 e. The predicted octanol–water partition coefficient (Wildman–Crippen LogP) is 3.64. The van der Waals surface area contributed by atoms with E-state index < -0.39 is 0 Å². The summed E-state index contributed by atoms with van der Waals surface area (Å²) in [6.45, 7) is 1.96. The molecule has 3 aromatic rings. The Bertz CT molecular complexity index is 918. The summed E-state index contributed by atoms with van der Waals surface area (Å²) in [7, 11) is 4.00. The van der Waals surface area contributed by atoms with Gasteiger partial charge in [0.2, 0.25) is 0 Å². The normalized spacial score (nSPS) is 11.9. The first-order chi connectivity index (χ1) is 12.9. The van der Waals surface area contributed by atoms with Gasteiger partial charge in [0.05, 0.1) is 17.5 Å². The molecule has 0 radical (unpaired) electrons. The van der Waals surface area contributed by atoms with Crippen LogP contribution in [0, 0.1) is 5.82 Å². The van der Waals surface area contributed by atoms with Crippen molar-refractivity contribution in [3.63, 3.8) is 0 Å². The summed E-state index contributed by atoms with van der Waals surface area (Å²) in [5.41, 5.74) is 3.77. The van der Waals surface area contributed by atoms with Crippen LogP contribution in [0.4, 0.5) is 10.1 Å². The number of amides is 1. The number of aromatic amines is 1. The zero-order valence-electron chi connectivity index (χ0n) is 15.7. The molecule has 0 bridgehead atoms. The lowest BCUT2D eigenvalue weighted by Gasteiger charge is -2.16. The largest absolute Gasteiger partial charge is 0.378 e. The van der Waals surface area contributed by atoms with Gasteiger partial charge in [-0.1, -0.05) is 24.3 Å². The van der Waals surface area contributed by atoms with Gasteiger partial charge in [-0.2, -0.15) is 5.10 Å². The van der Waals surface area contributed by atoms with Gasteiger partial charge in [-0.3, -0.25) is 9.89 Å². The molecule has 0 saturated heterocycles. The van der Waals surface area contributed by atoms with Gasteiger partial charge in [0.25, 0.3) is 5.91 Å². The standard InChI is InChI=1S/C21H23FN4O/c1-14(11-15-7-9-18(10-8-15)26(2)3)24-21(27)19-13-23-25-20(19)16-5-4-6-17(22)12-16/h4-10,12-14H,11H2,1-3H3,(H,23,25)(H,24,27). The lowest BCUT2D eigenvalue weighted by molar-refractivity contribution is 0.0941. The van der Waals surface area contributed by atoms with Crippen molar-refractivity contribution in [1.82, 2.24) is 15.5 Å². The second kappa shape index (κ2) is 8.03. The van der Waals surface area contributed by atoms with Crippen LogP contribution < -0.4 is 10.2 Å². The molecule has 0 saturated carbocycles. The molecule has 0 aliphatic carbocycles. The van der Waals surface area contributed by atoms with E-state index in [0.29, 0.717) is 23.2 Å². The third-order valence-corrected chi connectivity index (χ3v) is 4.37. The number of nitrogens with one attached hydrogen (secondary N) is 2. The number of nitrogens with zero attached hydrogens (tertiary/aromatic N) is 2. The lowest BCUT2D eigenvalue weighted by atomic mass is 10.0. The molecule has 1 atom stereocenters. The van der Waals surface area contributed by atoms with Crippen molar-refractivity contribution >= 4 is 11.6 Å². The van der Waals surface area contributed by atoms with Gasteiger partial charge in [-0.05, 0) is 43.2 Å². The van der Waals surface area contributed by atoms with E-state index in [4.69, 9.17) is 0 Å². The molecule has 1 unspecified atom stereocenters. The highest BCUT2D eigenvalue weighted by atomic mass is 19.1. The Morgan fingerprint density at radius 1 is 1.22 bits per heavy atom. The molecule has 1 heterocycles. The molecule has 140 valence electrons. The Morgan fingerprint density at radius 2 is 1.96 bits per heavy atom.